The zero-order chi connectivity index (χ0) is 14.8. The van der Waals surface area contributed by atoms with Crippen molar-refractivity contribution in [2.45, 2.75) is 39.7 Å². The average Bonchev–Trinajstić information content (AvgIpc) is 2.49. The molecule has 1 rings (SSSR count). The second-order valence-electron chi connectivity index (χ2n) is 4.69. The molecule has 0 aliphatic heterocycles. The second-order valence-corrected chi connectivity index (χ2v) is 4.69. The molecule has 20 heavy (non-hydrogen) atoms. The third-order valence-electron chi connectivity index (χ3n) is 3.08. The first kappa shape index (κ1) is 16.5. The molecule has 4 nitrogen and oxygen atoms in total. The van der Waals surface area contributed by atoms with Gasteiger partial charge in [0.15, 0.2) is 6.61 Å². The fourth-order valence-electron chi connectivity index (χ4n) is 2.08. The molecular weight excluding hydrogens is 252 g/mol. The minimum atomic E-state index is -0.0712. The van der Waals surface area contributed by atoms with E-state index < -0.39 is 0 Å². The third-order valence-corrected chi connectivity index (χ3v) is 3.08. The van der Waals surface area contributed by atoms with E-state index in [1.165, 1.54) is 0 Å². The zero-order valence-electron chi connectivity index (χ0n) is 12.7. The molecule has 1 aromatic carbocycles. The van der Waals surface area contributed by atoms with Crippen molar-refractivity contribution in [1.82, 2.24) is 10.6 Å². The Hall–Kier alpha value is -1.55. The number of carbonyl (C=O) groups is 1. The first-order valence-electron chi connectivity index (χ1n) is 7.44. The lowest BCUT2D eigenvalue weighted by atomic mass is 10.0. The molecular formula is C16H26N2O2. The quantitative estimate of drug-likeness (QED) is 0.730. The predicted molar refractivity (Wildman–Crippen MR) is 81.9 cm³/mol. The summed E-state index contributed by atoms with van der Waals surface area (Å²) in [5, 5.41) is 6.24. The smallest absolute Gasteiger partial charge is 0.257 e. The van der Waals surface area contributed by atoms with E-state index in [1.54, 1.807) is 0 Å². The molecule has 0 aromatic heterocycles. The lowest BCUT2D eigenvalue weighted by Crippen LogP contribution is -2.29. The van der Waals surface area contributed by atoms with E-state index in [1.807, 2.05) is 25.1 Å². The van der Waals surface area contributed by atoms with Crippen LogP contribution in [0.2, 0.25) is 0 Å². The standard InChI is InChI=1S/C16H26N2O2/c1-4-11-18-16(19)12-20-15-10-8-7-9-13(15)14(5-2)17-6-3/h7-10,14,17H,4-6,11-12H2,1-3H3,(H,18,19). The summed E-state index contributed by atoms with van der Waals surface area (Å²) in [6, 6.07) is 8.16. The van der Waals surface area contributed by atoms with Gasteiger partial charge in [-0.1, -0.05) is 39.0 Å². The maximum Gasteiger partial charge on any atom is 0.257 e. The molecule has 2 N–H and O–H groups in total. The van der Waals surface area contributed by atoms with Crippen molar-refractivity contribution in [2.75, 3.05) is 19.7 Å². The SMILES string of the molecule is CCCNC(=O)COc1ccccc1C(CC)NCC. The molecule has 1 unspecified atom stereocenters. The van der Waals surface area contributed by atoms with Gasteiger partial charge < -0.3 is 15.4 Å². The molecule has 0 aliphatic carbocycles. The summed E-state index contributed by atoms with van der Waals surface area (Å²) in [7, 11) is 0. The number of nitrogens with one attached hydrogen (secondary N) is 2. The van der Waals surface area contributed by atoms with Gasteiger partial charge in [-0.05, 0) is 25.5 Å². The van der Waals surface area contributed by atoms with Crippen molar-refractivity contribution in [1.29, 1.82) is 0 Å². The van der Waals surface area contributed by atoms with E-state index in [4.69, 9.17) is 4.74 Å². The Bertz CT molecular complexity index is 407. The van der Waals surface area contributed by atoms with E-state index in [2.05, 4.69) is 30.5 Å². The van der Waals surface area contributed by atoms with Gasteiger partial charge in [-0.3, -0.25) is 4.79 Å². The summed E-state index contributed by atoms with van der Waals surface area (Å²) in [4.78, 5) is 11.6. The largest absolute Gasteiger partial charge is 0.483 e. The highest BCUT2D eigenvalue weighted by molar-refractivity contribution is 5.77. The first-order chi connectivity index (χ1) is 9.72. The molecule has 0 radical (unpaired) electrons. The number of rotatable bonds is 9. The summed E-state index contributed by atoms with van der Waals surface area (Å²) in [5.74, 6) is 0.713. The lowest BCUT2D eigenvalue weighted by molar-refractivity contribution is -0.123. The van der Waals surface area contributed by atoms with Crippen LogP contribution in [0.5, 0.6) is 5.75 Å². The van der Waals surface area contributed by atoms with E-state index >= 15 is 0 Å². The summed E-state index contributed by atoms with van der Waals surface area (Å²) in [6.45, 7) is 7.92. The maximum atomic E-state index is 11.6. The number of hydrogen-bond acceptors (Lipinski definition) is 3. The minimum Gasteiger partial charge on any atom is -0.483 e. The predicted octanol–water partition coefficient (Wildman–Crippen LogP) is 2.65. The Morgan fingerprint density at radius 2 is 2.00 bits per heavy atom. The van der Waals surface area contributed by atoms with Crippen molar-refractivity contribution in [3.8, 4) is 5.75 Å². The molecule has 1 amide bonds. The fraction of sp³-hybridized carbons (Fsp3) is 0.562. The van der Waals surface area contributed by atoms with Crippen LogP contribution in [0.1, 0.15) is 45.2 Å². The number of para-hydroxylation sites is 1. The first-order valence-corrected chi connectivity index (χ1v) is 7.44. The summed E-state index contributed by atoms with van der Waals surface area (Å²) < 4.78 is 5.67. The average molecular weight is 278 g/mol. The highest BCUT2D eigenvalue weighted by Crippen LogP contribution is 2.26. The van der Waals surface area contributed by atoms with Gasteiger partial charge in [0, 0.05) is 18.2 Å². The molecule has 0 aliphatic rings. The number of ether oxygens (including phenoxy) is 1. The van der Waals surface area contributed by atoms with Gasteiger partial charge in [0.25, 0.3) is 5.91 Å². The van der Waals surface area contributed by atoms with E-state index in [-0.39, 0.29) is 18.6 Å². The number of hydrogen-bond donors (Lipinski definition) is 2. The van der Waals surface area contributed by atoms with Crippen molar-refractivity contribution >= 4 is 5.91 Å². The number of benzene rings is 1. The van der Waals surface area contributed by atoms with Crippen molar-refractivity contribution in [2.24, 2.45) is 0 Å². The molecule has 0 saturated carbocycles. The summed E-state index contributed by atoms with van der Waals surface area (Å²) in [6.07, 6.45) is 1.91. The Kier molecular flexibility index (Phi) is 7.73. The fourth-order valence-corrected chi connectivity index (χ4v) is 2.08. The maximum absolute atomic E-state index is 11.6. The zero-order valence-corrected chi connectivity index (χ0v) is 12.7. The van der Waals surface area contributed by atoms with Gasteiger partial charge in [-0.25, -0.2) is 0 Å². The Morgan fingerprint density at radius 3 is 2.65 bits per heavy atom. The topological polar surface area (TPSA) is 50.4 Å². The van der Waals surface area contributed by atoms with Crippen LogP contribution in [0.25, 0.3) is 0 Å². The highest BCUT2D eigenvalue weighted by atomic mass is 16.5. The lowest BCUT2D eigenvalue weighted by Gasteiger charge is -2.19. The van der Waals surface area contributed by atoms with Gasteiger partial charge >= 0.3 is 0 Å². The molecule has 112 valence electrons. The van der Waals surface area contributed by atoms with E-state index in [0.29, 0.717) is 6.54 Å². The number of carbonyl (C=O) groups excluding carboxylic acids is 1. The Labute approximate surface area is 121 Å². The molecule has 1 atom stereocenters. The molecule has 1 aromatic rings. The van der Waals surface area contributed by atoms with Crippen LogP contribution in [0, 0.1) is 0 Å². The Morgan fingerprint density at radius 1 is 1.25 bits per heavy atom. The molecule has 4 heteroatoms. The van der Waals surface area contributed by atoms with Gasteiger partial charge in [-0.15, -0.1) is 0 Å². The van der Waals surface area contributed by atoms with Crippen LogP contribution in [0.3, 0.4) is 0 Å². The molecule has 0 bridgehead atoms. The van der Waals surface area contributed by atoms with Crippen LogP contribution in [-0.4, -0.2) is 25.6 Å². The normalized spacial score (nSPS) is 11.9. The Balaban J connectivity index is 2.67. The minimum absolute atomic E-state index is 0.0690. The van der Waals surface area contributed by atoms with E-state index in [9.17, 15) is 4.79 Å². The van der Waals surface area contributed by atoms with Crippen LogP contribution >= 0.6 is 0 Å². The molecule has 0 heterocycles. The molecule has 0 spiro atoms. The van der Waals surface area contributed by atoms with Crippen LogP contribution in [-0.2, 0) is 4.79 Å². The second kappa shape index (κ2) is 9.37. The molecule has 0 fully saturated rings. The van der Waals surface area contributed by atoms with Crippen LogP contribution in [0.15, 0.2) is 24.3 Å². The van der Waals surface area contributed by atoms with Crippen molar-refractivity contribution in [3.63, 3.8) is 0 Å². The third kappa shape index (κ3) is 5.21. The number of amides is 1. The van der Waals surface area contributed by atoms with Gasteiger partial charge in [0.05, 0.1) is 0 Å². The van der Waals surface area contributed by atoms with Crippen LogP contribution in [0.4, 0.5) is 0 Å². The summed E-state index contributed by atoms with van der Waals surface area (Å²) in [5.41, 5.74) is 1.11. The van der Waals surface area contributed by atoms with Gasteiger partial charge in [0.2, 0.25) is 0 Å². The van der Waals surface area contributed by atoms with Crippen LogP contribution < -0.4 is 15.4 Å². The molecule has 0 saturated heterocycles. The highest BCUT2D eigenvalue weighted by Gasteiger charge is 2.13. The van der Waals surface area contributed by atoms with Crippen molar-refractivity contribution < 1.29 is 9.53 Å². The van der Waals surface area contributed by atoms with Gasteiger partial charge in [0.1, 0.15) is 5.75 Å². The van der Waals surface area contributed by atoms with Crippen molar-refractivity contribution in [3.05, 3.63) is 29.8 Å². The van der Waals surface area contributed by atoms with Gasteiger partial charge in [-0.2, -0.15) is 0 Å². The monoisotopic (exact) mass is 278 g/mol. The van der Waals surface area contributed by atoms with E-state index in [0.717, 1.165) is 30.7 Å². The summed E-state index contributed by atoms with van der Waals surface area (Å²) >= 11 is 0.